The van der Waals surface area contributed by atoms with Gasteiger partial charge in [0.25, 0.3) is 0 Å². The summed E-state index contributed by atoms with van der Waals surface area (Å²) in [7, 11) is 0. The van der Waals surface area contributed by atoms with E-state index in [9.17, 15) is 0 Å². The van der Waals surface area contributed by atoms with Gasteiger partial charge in [-0.25, -0.2) is 0 Å². The third kappa shape index (κ3) is 5.15. The molecule has 2 nitrogen and oxygen atoms in total. The molecule has 2 aromatic heterocycles. The Balaban J connectivity index is 0.000000220. The summed E-state index contributed by atoms with van der Waals surface area (Å²) < 4.78 is 0. The molecule has 0 aliphatic heterocycles. The van der Waals surface area contributed by atoms with Gasteiger partial charge in [-0.15, -0.1) is 64.7 Å². The van der Waals surface area contributed by atoms with E-state index in [4.69, 9.17) is 4.98 Å². The van der Waals surface area contributed by atoms with Crippen LogP contribution in [0.5, 0.6) is 0 Å². The summed E-state index contributed by atoms with van der Waals surface area (Å²) in [5.74, 6) is 0. The molecule has 3 heteroatoms. The van der Waals surface area contributed by atoms with Gasteiger partial charge < -0.3 is 9.97 Å². The number of aryl methyl sites for hydroxylation is 5. The van der Waals surface area contributed by atoms with Crippen molar-refractivity contribution in [3.8, 4) is 33.6 Å². The molecule has 0 N–H and O–H groups in total. The average Bonchev–Trinajstić information content (AvgIpc) is 3.14. The molecule has 0 atom stereocenters. The molecule has 0 unspecified atom stereocenters. The molecule has 233 valence electrons. The second-order valence-electron chi connectivity index (χ2n) is 12.7. The Morgan fingerprint density at radius 3 is 2.02 bits per heavy atom. The smallest absolute Gasteiger partial charge is 0.0167 e. The summed E-state index contributed by atoms with van der Waals surface area (Å²) in [4.78, 5) is 9.13. The molecule has 8 aromatic rings. The summed E-state index contributed by atoms with van der Waals surface area (Å²) in [6.45, 7) is 2.19. The Morgan fingerprint density at radius 1 is 0.521 bits per heavy atom. The minimum atomic E-state index is 0. The van der Waals surface area contributed by atoms with Gasteiger partial charge in [-0.3, -0.25) is 0 Å². The van der Waals surface area contributed by atoms with Crippen molar-refractivity contribution in [3.05, 3.63) is 168 Å². The molecule has 6 aromatic carbocycles. The summed E-state index contributed by atoms with van der Waals surface area (Å²) in [5, 5.41) is 7.73. The standard InChI is InChI=1S/C34H24N.C11H8N.Ir/c1-20-4-2-7-27-26(20)12-13-29-28(27)14-15-31-30(29)16-17-35-34(31)25-18-23-10-8-21-5-3-6-22-9-11-24(19-25)33(23)32(21)22;1-2-6-10(7-3-1)11-8-4-5-9-12-11;/h2-7,12-18H,8-11H2,1H3;1-6,8-9H;/q2*-1;. The van der Waals surface area contributed by atoms with Gasteiger partial charge in [0.2, 0.25) is 0 Å². The number of hydrogen-bond acceptors (Lipinski definition) is 2. The zero-order chi connectivity index (χ0) is 31.3. The van der Waals surface area contributed by atoms with Crippen molar-refractivity contribution in [2.24, 2.45) is 0 Å². The normalized spacial score (nSPS) is 12.6. The third-order valence-corrected chi connectivity index (χ3v) is 9.95. The van der Waals surface area contributed by atoms with Crippen molar-refractivity contribution >= 4 is 32.3 Å². The van der Waals surface area contributed by atoms with Crippen LogP contribution in [0.15, 0.2) is 128 Å². The molecule has 1 radical (unpaired) electrons. The van der Waals surface area contributed by atoms with E-state index in [-0.39, 0.29) is 20.1 Å². The topological polar surface area (TPSA) is 25.8 Å². The zero-order valence-corrected chi connectivity index (χ0v) is 29.1. The van der Waals surface area contributed by atoms with Crippen molar-refractivity contribution in [2.45, 2.75) is 32.6 Å². The van der Waals surface area contributed by atoms with Gasteiger partial charge in [-0.1, -0.05) is 83.9 Å². The monoisotopic (exact) mass is 793 g/mol. The van der Waals surface area contributed by atoms with Crippen molar-refractivity contribution in [3.63, 3.8) is 0 Å². The Kier molecular flexibility index (Phi) is 7.96. The maximum Gasteiger partial charge on any atom is 0.0167 e. The maximum atomic E-state index is 4.91. The fraction of sp³-hybridized carbons (Fsp3) is 0.111. The number of fused-ring (bicyclic) bond motifs is 5. The van der Waals surface area contributed by atoms with E-state index < -0.39 is 0 Å². The second kappa shape index (κ2) is 12.6. The van der Waals surface area contributed by atoms with Crippen molar-refractivity contribution in [1.82, 2.24) is 9.97 Å². The number of rotatable bonds is 2. The van der Waals surface area contributed by atoms with Crippen LogP contribution in [0, 0.1) is 19.1 Å². The molecule has 0 bridgehead atoms. The minimum absolute atomic E-state index is 0. The van der Waals surface area contributed by atoms with Crippen LogP contribution in [-0.4, -0.2) is 9.97 Å². The molecule has 10 rings (SSSR count). The fourth-order valence-corrected chi connectivity index (χ4v) is 7.73. The molecule has 0 amide bonds. The number of nitrogens with zero attached hydrogens (tertiary/aromatic N) is 2. The Morgan fingerprint density at radius 2 is 1.23 bits per heavy atom. The van der Waals surface area contributed by atoms with Crippen molar-refractivity contribution in [1.29, 1.82) is 0 Å². The van der Waals surface area contributed by atoms with Crippen LogP contribution in [0.2, 0.25) is 0 Å². The quantitative estimate of drug-likeness (QED) is 0.129. The van der Waals surface area contributed by atoms with Gasteiger partial charge in [-0.05, 0) is 105 Å². The molecular formula is C45H32IrN2-2. The summed E-state index contributed by atoms with van der Waals surface area (Å²) >= 11 is 0. The van der Waals surface area contributed by atoms with Crippen molar-refractivity contribution < 1.29 is 20.1 Å². The number of aromatic nitrogens is 2. The van der Waals surface area contributed by atoms with Gasteiger partial charge in [0.1, 0.15) is 0 Å². The van der Waals surface area contributed by atoms with Crippen molar-refractivity contribution in [2.75, 3.05) is 0 Å². The number of pyridine rings is 2. The van der Waals surface area contributed by atoms with Crippen LogP contribution in [0.4, 0.5) is 0 Å². The maximum absolute atomic E-state index is 4.91. The fourth-order valence-electron chi connectivity index (χ4n) is 7.73. The van der Waals surface area contributed by atoms with E-state index in [1.54, 1.807) is 6.20 Å². The molecular weight excluding hydrogens is 761 g/mol. The molecule has 0 saturated heterocycles. The Labute approximate surface area is 294 Å². The van der Waals surface area contributed by atoms with Crippen LogP contribution < -0.4 is 0 Å². The van der Waals surface area contributed by atoms with Gasteiger partial charge in [0, 0.05) is 32.5 Å². The van der Waals surface area contributed by atoms with E-state index in [2.05, 4.69) is 96.8 Å². The van der Waals surface area contributed by atoms with Gasteiger partial charge in [-0.2, -0.15) is 0 Å². The molecule has 0 fully saturated rings. The average molecular weight is 793 g/mol. The van der Waals surface area contributed by atoms with E-state index in [1.807, 2.05) is 48.7 Å². The predicted molar refractivity (Wildman–Crippen MR) is 195 cm³/mol. The predicted octanol–water partition coefficient (Wildman–Crippen LogP) is 10.7. The third-order valence-electron chi connectivity index (χ3n) is 9.95. The van der Waals surface area contributed by atoms with E-state index in [0.717, 1.165) is 48.2 Å². The van der Waals surface area contributed by atoms with Gasteiger partial charge in [0.15, 0.2) is 0 Å². The first-order valence-corrected chi connectivity index (χ1v) is 16.5. The van der Waals surface area contributed by atoms with Crippen LogP contribution in [0.1, 0.15) is 27.8 Å². The van der Waals surface area contributed by atoms with Gasteiger partial charge in [0.05, 0.1) is 0 Å². The molecule has 0 spiro atoms. The summed E-state index contributed by atoms with van der Waals surface area (Å²) in [5.41, 5.74) is 14.3. The Bertz CT molecular complexity index is 2380. The molecule has 2 aliphatic rings. The van der Waals surface area contributed by atoms with Crippen LogP contribution in [0.3, 0.4) is 0 Å². The number of benzene rings is 6. The number of hydrogen-bond donors (Lipinski definition) is 0. The van der Waals surface area contributed by atoms with Gasteiger partial charge >= 0.3 is 0 Å². The molecule has 0 saturated carbocycles. The first kappa shape index (κ1) is 30.4. The molecule has 2 heterocycles. The summed E-state index contributed by atoms with van der Waals surface area (Å²) in [6, 6.07) is 47.8. The minimum Gasteiger partial charge on any atom is -0.305 e. The molecule has 2 aliphatic carbocycles. The summed E-state index contributed by atoms with van der Waals surface area (Å²) in [6.07, 6.45) is 8.15. The molecule has 48 heavy (non-hydrogen) atoms. The van der Waals surface area contributed by atoms with Crippen LogP contribution in [-0.2, 0) is 45.8 Å². The Hall–Kier alpha value is -4.95. The SMILES string of the molecule is Cc1cccc2c1ccc1c3ccnc(-c4[c-]c5c6c(c4)CCc4cccc(c4-6)CC5)c3ccc21.[Ir].[c-]1ccccc1-c1ccccn1. The largest absolute Gasteiger partial charge is 0.305 e. The zero-order valence-electron chi connectivity index (χ0n) is 26.7. The van der Waals surface area contributed by atoms with E-state index in [0.29, 0.717) is 0 Å². The second-order valence-corrected chi connectivity index (χ2v) is 12.7. The van der Waals surface area contributed by atoms with E-state index >= 15 is 0 Å². The van der Waals surface area contributed by atoms with Crippen LogP contribution >= 0.6 is 0 Å². The van der Waals surface area contributed by atoms with Crippen LogP contribution in [0.25, 0.3) is 66.0 Å². The first-order chi connectivity index (χ1) is 23.2. The van der Waals surface area contributed by atoms with E-state index in [1.165, 1.54) is 71.3 Å². The first-order valence-electron chi connectivity index (χ1n) is 16.5.